The second-order valence-corrected chi connectivity index (χ2v) is 7.35. The summed E-state index contributed by atoms with van der Waals surface area (Å²) >= 11 is 1.44. The van der Waals surface area contributed by atoms with Crippen LogP contribution < -0.4 is 10.1 Å². The number of ether oxygens (including phenoxy) is 2. The molecule has 0 fully saturated rings. The molecule has 1 aromatic rings. The van der Waals surface area contributed by atoms with Crippen LogP contribution in [0.3, 0.4) is 0 Å². The Bertz CT molecular complexity index is 649. The lowest BCUT2D eigenvalue weighted by Gasteiger charge is -2.17. The summed E-state index contributed by atoms with van der Waals surface area (Å²) in [4.78, 5) is 30.2. The van der Waals surface area contributed by atoms with Gasteiger partial charge in [0, 0.05) is 24.2 Å². The molecular formula is C17H29N3O4S. The molecule has 1 N–H and O–H groups in total. The Kier molecular flexibility index (Phi) is 8.85. The highest BCUT2D eigenvalue weighted by Gasteiger charge is 2.23. The Labute approximate surface area is 153 Å². The number of hydrogen-bond donors (Lipinski definition) is 1. The molecule has 0 spiro atoms. The van der Waals surface area contributed by atoms with Crippen LogP contribution in [0.1, 0.15) is 37.8 Å². The standard InChI is InChI=1S/C17H29N3O4S/c1-7-24-15(21)14(10-11(2)3)18-16(22)19-17-20(8-9-23-6)12(4)13(5)25-17/h11,14H,7-10H2,1-6H3,(H,18,22)/t14-/m0/s1. The van der Waals surface area contributed by atoms with E-state index in [1.807, 2.05) is 32.3 Å². The maximum Gasteiger partial charge on any atom is 0.344 e. The minimum absolute atomic E-state index is 0.243. The first-order valence-electron chi connectivity index (χ1n) is 8.47. The number of nitrogens with one attached hydrogen (secondary N) is 1. The third-order valence-electron chi connectivity index (χ3n) is 3.68. The molecule has 0 saturated heterocycles. The molecule has 0 aromatic carbocycles. The number of methoxy groups -OCH3 is 1. The maximum absolute atomic E-state index is 12.3. The second-order valence-electron chi connectivity index (χ2n) is 6.17. The van der Waals surface area contributed by atoms with Gasteiger partial charge in [-0.25, -0.2) is 9.59 Å². The molecule has 0 saturated carbocycles. The number of hydrogen-bond acceptors (Lipinski definition) is 5. The molecule has 0 aliphatic carbocycles. The van der Waals surface area contributed by atoms with E-state index in [1.165, 1.54) is 11.3 Å². The van der Waals surface area contributed by atoms with E-state index in [-0.39, 0.29) is 12.5 Å². The highest BCUT2D eigenvalue weighted by Crippen LogP contribution is 2.10. The fourth-order valence-corrected chi connectivity index (χ4v) is 3.32. The normalized spacial score (nSPS) is 13.2. The number of nitrogens with zero attached hydrogens (tertiary/aromatic N) is 2. The van der Waals surface area contributed by atoms with E-state index in [0.29, 0.717) is 24.4 Å². The summed E-state index contributed by atoms with van der Waals surface area (Å²) in [5.41, 5.74) is 1.05. The number of rotatable bonds is 8. The smallest absolute Gasteiger partial charge is 0.344 e. The number of aromatic nitrogens is 1. The van der Waals surface area contributed by atoms with Gasteiger partial charge in [-0.1, -0.05) is 13.8 Å². The van der Waals surface area contributed by atoms with Gasteiger partial charge in [0.05, 0.1) is 13.2 Å². The number of esters is 1. The van der Waals surface area contributed by atoms with Gasteiger partial charge < -0.3 is 19.4 Å². The fourth-order valence-electron chi connectivity index (χ4n) is 2.33. The van der Waals surface area contributed by atoms with Crippen LogP contribution in [-0.2, 0) is 20.8 Å². The zero-order chi connectivity index (χ0) is 19.0. The van der Waals surface area contributed by atoms with Crippen LogP contribution in [0.5, 0.6) is 0 Å². The van der Waals surface area contributed by atoms with Crippen molar-refractivity contribution in [2.45, 2.75) is 53.6 Å². The molecule has 0 aliphatic heterocycles. The average Bonchev–Trinajstić information content (AvgIpc) is 2.78. The lowest BCUT2D eigenvalue weighted by atomic mass is 10.0. The quantitative estimate of drug-likeness (QED) is 0.712. The van der Waals surface area contributed by atoms with Crippen molar-refractivity contribution in [3.63, 3.8) is 0 Å². The zero-order valence-electron chi connectivity index (χ0n) is 15.9. The van der Waals surface area contributed by atoms with Crippen molar-refractivity contribution in [2.75, 3.05) is 20.3 Å². The molecule has 142 valence electrons. The van der Waals surface area contributed by atoms with Crippen molar-refractivity contribution < 1.29 is 19.1 Å². The zero-order valence-corrected chi connectivity index (χ0v) is 16.7. The monoisotopic (exact) mass is 371 g/mol. The van der Waals surface area contributed by atoms with Crippen molar-refractivity contribution >= 4 is 23.3 Å². The summed E-state index contributed by atoms with van der Waals surface area (Å²) < 4.78 is 12.1. The van der Waals surface area contributed by atoms with E-state index in [1.54, 1.807) is 14.0 Å². The fraction of sp³-hybridized carbons (Fsp3) is 0.706. The van der Waals surface area contributed by atoms with Gasteiger partial charge in [0.25, 0.3) is 0 Å². The number of urea groups is 1. The number of carbonyl (C=O) groups is 2. The minimum Gasteiger partial charge on any atom is -0.464 e. The van der Waals surface area contributed by atoms with E-state index < -0.39 is 18.0 Å². The first-order chi connectivity index (χ1) is 11.8. The summed E-state index contributed by atoms with van der Waals surface area (Å²) in [5, 5.41) is 2.68. The van der Waals surface area contributed by atoms with Crippen molar-refractivity contribution in [2.24, 2.45) is 10.9 Å². The average molecular weight is 372 g/mol. The number of aryl methyl sites for hydroxylation is 1. The van der Waals surface area contributed by atoms with Gasteiger partial charge in [-0.3, -0.25) is 0 Å². The molecule has 0 aliphatic rings. The number of thiazole rings is 1. The Morgan fingerprint density at radius 1 is 1.32 bits per heavy atom. The van der Waals surface area contributed by atoms with Crippen LogP contribution >= 0.6 is 11.3 Å². The number of carbonyl (C=O) groups excluding carboxylic acids is 2. The third kappa shape index (κ3) is 6.62. The first-order valence-corrected chi connectivity index (χ1v) is 9.29. The molecule has 1 aromatic heterocycles. The van der Waals surface area contributed by atoms with Crippen LogP contribution in [0, 0.1) is 19.8 Å². The van der Waals surface area contributed by atoms with Crippen LogP contribution in [-0.4, -0.2) is 42.9 Å². The van der Waals surface area contributed by atoms with Gasteiger partial charge in [0.15, 0.2) is 4.80 Å². The third-order valence-corrected chi connectivity index (χ3v) is 4.78. The molecule has 25 heavy (non-hydrogen) atoms. The Morgan fingerprint density at radius 3 is 2.56 bits per heavy atom. The molecule has 1 atom stereocenters. The van der Waals surface area contributed by atoms with Gasteiger partial charge in [-0.05, 0) is 33.1 Å². The molecule has 1 heterocycles. The van der Waals surface area contributed by atoms with Gasteiger partial charge in [-0.2, -0.15) is 4.99 Å². The molecule has 0 bridgehead atoms. The SMILES string of the molecule is CCOC(=O)[C@H](CC(C)C)NC(=O)N=c1sc(C)c(C)n1CCOC. The van der Waals surface area contributed by atoms with Crippen LogP contribution in [0.15, 0.2) is 4.99 Å². The summed E-state index contributed by atoms with van der Waals surface area (Å²) in [5.74, 6) is -0.182. The summed E-state index contributed by atoms with van der Waals surface area (Å²) in [6.07, 6.45) is 0.506. The lowest BCUT2D eigenvalue weighted by molar-refractivity contribution is -0.145. The van der Waals surface area contributed by atoms with Crippen molar-refractivity contribution in [1.82, 2.24) is 9.88 Å². The molecule has 0 radical (unpaired) electrons. The number of amides is 2. The van der Waals surface area contributed by atoms with Gasteiger partial charge in [0.2, 0.25) is 0 Å². The molecular weight excluding hydrogens is 342 g/mol. The van der Waals surface area contributed by atoms with Gasteiger partial charge >= 0.3 is 12.0 Å². The molecule has 7 nitrogen and oxygen atoms in total. The van der Waals surface area contributed by atoms with Crippen LogP contribution in [0.2, 0.25) is 0 Å². The minimum atomic E-state index is -0.689. The predicted octanol–water partition coefficient (Wildman–Crippen LogP) is 2.40. The van der Waals surface area contributed by atoms with E-state index in [0.717, 1.165) is 10.6 Å². The summed E-state index contributed by atoms with van der Waals surface area (Å²) in [7, 11) is 1.63. The Balaban J connectivity index is 3.00. The predicted molar refractivity (Wildman–Crippen MR) is 97.6 cm³/mol. The molecule has 0 unspecified atom stereocenters. The summed E-state index contributed by atoms with van der Waals surface area (Å²) in [6, 6.07) is -1.23. The highest BCUT2D eigenvalue weighted by molar-refractivity contribution is 7.09. The molecule has 1 rings (SSSR count). The second kappa shape index (κ2) is 10.4. The van der Waals surface area contributed by atoms with Crippen LogP contribution in [0.25, 0.3) is 0 Å². The summed E-state index contributed by atoms with van der Waals surface area (Å²) in [6.45, 7) is 11.1. The van der Waals surface area contributed by atoms with Crippen molar-refractivity contribution in [1.29, 1.82) is 0 Å². The van der Waals surface area contributed by atoms with Crippen molar-refractivity contribution in [3.8, 4) is 0 Å². The Morgan fingerprint density at radius 2 is 2.00 bits per heavy atom. The topological polar surface area (TPSA) is 81.9 Å². The van der Waals surface area contributed by atoms with E-state index >= 15 is 0 Å². The Hall–Kier alpha value is -1.67. The van der Waals surface area contributed by atoms with Gasteiger partial charge in [-0.15, -0.1) is 11.3 Å². The molecule has 8 heteroatoms. The highest BCUT2D eigenvalue weighted by atomic mass is 32.1. The van der Waals surface area contributed by atoms with E-state index in [9.17, 15) is 9.59 Å². The maximum atomic E-state index is 12.3. The van der Waals surface area contributed by atoms with E-state index in [4.69, 9.17) is 9.47 Å². The first kappa shape index (κ1) is 21.4. The van der Waals surface area contributed by atoms with Crippen LogP contribution in [0.4, 0.5) is 4.79 Å². The van der Waals surface area contributed by atoms with Crippen molar-refractivity contribution in [3.05, 3.63) is 15.4 Å². The lowest BCUT2D eigenvalue weighted by Crippen LogP contribution is -2.42. The molecule has 2 amide bonds. The van der Waals surface area contributed by atoms with Gasteiger partial charge in [0.1, 0.15) is 6.04 Å². The van der Waals surface area contributed by atoms with E-state index in [2.05, 4.69) is 10.3 Å². The largest absolute Gasteiger partial charge is 0.464 e.